The summed E-state index contributed by atoms with van der Waals surface area (Å²) in [4.78, 5) is 116. The summed E-state index contributed by atoms with van der Waals surface area (Å²) in [5.74, 6) is -4.76. The summed E-state index contributed by atoms with van der Waals surface area (Å²) in [7, 11) is 1.25. The van der Waals surface area contributed by atoms with Gasteiger partial charge >= 0.3 is 13.9 Å². The lowest BCUT2D eigenvalue weighted by atomic mass is 9.99. The summed E-state index contributed by atoms with van der Waals surface area (Å²) in [6.45, 7) is 10.1. The number of carbonyl (C=O) groups excluding carboxylic acids is 8. The van der Waals surface area contributed by atoms with E-state index >= 15 is 0 Å². The first-order chi connectivity index (χ1) is 63.1. The lowest BCUT2D eigenvalue weighted by Crippen LogP contribution is -2.58. The molecule has 13 atom stereocenters. The van der Waals surface area contributed by atoms with Crippen LogP contribution >= 0.6 is 7.82 Å². The average molecular weight is 1930 g/mol. The van der Waals surface area contributed by atoms with Crippen LogP contribution in [0.5, 0.6) is 0 Å². The fourth-order valence-electron chi connectivity index (χ4n) is 11.4. The van der Waals surface area contributed by atoms with Gasteiger partial charge in [-0.15, -0.1) is 0 Å². The monoisotopic (exact) mass is 1930 g/mol. The van der Waals surface area contributed by atoms with Crippen LogP contribution < -0.4 is 48.3 Å². The van der Waals surface area contributed by atoms with Gasteiger partial charge in [0, 0.05) is 63.8 Å². The number of rotatable bonds is 90. The zero-order valence-corrected chi connectivity index (χ0v) is 78.6. The normalized spacial score (nSPS) is 15.1. The van der Waals surface area contributed by atoms with Crippen LogP contribution in [0.25, 0.3) is 0 Å². The van der Waals surface area contributed by atoms with E-state index in [9.17, 15) is 93.8 Å². The highest BCUT2D eigenvalue weighted by molar-refractivity contribution is 7.47. The third-order valence-corrected chi connectivity index (χ3v) is 20.1. The Balaban J connectivity index is 2.35. The molecular formula is C83H157N11O37P+. The van der Waals surface area contributed by atoms with Gasteiger partial charge in [-0.3, -0.25) is 47.5 Å². The molecule has 0 radical (unpaired) electrons. The highest BCUT2D eigenvalue weighted by atomic mass is 31.2. The Hall–Kier alpha value is -6.19. The molecule has 1 aromatic carbocycles. The lowest BCUT2D eigenvalue weighted by molar-refractivity contribution is -0.870. The second-order valence-corrected chi connectivity index (χ2v) is 33.2. The van der Waals surface area contributed by atoms with Crippen molar-refractivity contribution in [2.24, 2.45) is 17.6 Å². The maximum absolute atomic E-state index is 14.3. The number of hydrogen-bond acceptors (Lipinski definition) is 37. The minimum Gasteiger partial charge on any atom is -0.394 e. The van der Waals surface area contributed by atoms with Crippen molar-refractivity contribution in [2.75, 3.05) is 290 Å². The average Bonchev–Trinajstić information content (AvgIpc) is 0.850. The van der Waals surface area contributed by atoms with Crippen molar-refractivity contribution in [2.45, 2.75) is 152 Å². The number of nitrogens with two attached hydrogens (primary N) is 1. The molecule has 48 nitrogen and oxygen atoms in total. The number of quaternary nitrogens is 1. The van der Waals surface area contributed by atoms with Crippen molar-refractivity contribution in [1.82, 2.24) is 42.1 Å². The van der Waals surface area contributed by atoms with Gasteiger partial charge in [-0.2, -0.15) is 0 Å². The molecule has 22 N–H and O–H groups in total. The van der Waals surface area contributed by atoms with Crippen LogP contribution in [0.3, 0.4) is 0 Å². The van der Waals surface area contributed by atoms with E-state index in [1.807, 2.05) is 21.1 Å². The number of ether oxygens (including phenoxy) is 14. The Morgan fingerprint density at radius 1 is 0.402 bits per heavy atom. The zero-order valence-electron chi connectivity index (χ0n) is 77.7. The molecule has 0 aromatic heterocycles. The molecule has 0 bridgehead atoms. The zero-order chi connectivity index (χ0) is 98.0. The van der Waals surface area contributed by atoms with E-state index < -0.39 is 155 Å². The van der Waals surface area contributed by atoms with Crippen molar-refractivity contribution >= 4 is 60.9 Å². The summed E-state index contributed by atoms with van der Waals surface area (Å²) in [5, 5.41) is 130. The molecule has 0 saturated heterocycles. The minimum absolute atomic E-state index is 0.00336. The van der Waals surface area contributed by atoms with E-state index in [1.54, 1.807) is 45.0 Å². The number of nitrogens with one attached hydrogen (secondary N) is 8. The highest BCUT2D eigenvalue weighted by Crippen LogP contribution is 2.42. The number of hydrogen-bond donors (Lipinski definition) is 21. The number of amides is 9. The number of aliphatic hydroxyl groups is 11. The van der Waals surface area contributed by atoms with Crippen molar-refractivity contribution < 1.29 is 184 Å². The first-order valence-corrected chi connectivity index (χ1v) is 46.3. The lowest BCUT2D eigenvalue weighted by Gasteiger charge is -2.33. The van der Waals surface area contributed by atoms with E-state index in [0.29, 0.717) is 167 Å². The van der Waals surface area contributed by atoms with E-state index in [2.05, 4.69) is 42.5 Å². The molecule has 9 amide bonds. The molecule has 0 aliphatic rings. The highest BCUT2D eigenvalue weighted by Gasteiger charge is 2.36. The number of carbonyl (C=O) groups is 8. The molecule has 1 unspecified atom stereocenters. The van der Waals surface area contributed by atoms with Crippen molar-refractivity contribution in [3.8, 4) is 0 Å². The van der Waals surface area contributed by atoms with E-state index in [0.717, 1.165) is 0 Å². The van der Waals surface area contributed by atoms with Crippen molar-refractivity contribution in [3.05, 3.63) is 29.8 Å². The van der Waals surface area contributed by atoms with Crippen molar-refractivity contribution in [3.63, 3.8) is 0 Å². The number of likely N-dealkylation sites (N-methyl/N-ethyl adjacent to an activating group) is 1. The molecule has 770 valence electrons. The van der Waals surface area contributed by atoms with Crippen LogP contribution in [0, 0.1) is 11.8 Å². The summed E-state index contributed by atoms with van der Waals surface area (Å²) >= 11 is 0. The van der Waals surface area contributed by atoms with Crippen LogP contribution in [-0.4, -0.2) is 470 Å². The molecule has 0 aliphatic carbocycles. The topological polar surface area (TPSA) is 670 Å². The number of aliphatic hydroxyl groups excluding tert-OH is 11. The number of phosphoric acid groups is 1. The van der Waals surface area contributed by atoms with Gasteiger partial charge in [0.1, 0.15) is 81.1 Å². The Bertz CT molecular complexity index is 3150. The minimum atomic E-state index is -4.40. The van der Waals surface area contributed by atoms with E-state index in [4.69, 9.17) is 91.3 Å². The first kappa shape index (κ1) is 124. The molecular weight excluding hydrogens is 1770 g/mol. The Morgan fingerprint density at radius 3 is 1.22 bits per heavy atom. The van der Waals surface area contributed by atoms with Gasteiger partial charge in [0.2, 0.25) is 41.4 Å². The van der Waals surface area contributed by atoms with Crippen LogP contribution in [0.4, 0.5) is 10.5 Å². The van der Waals surface area contributed by atoms with Gasteiger partial charge in [0.25, 0.3) is 0 Å². The third-order valence-electron chi connectivity index (χ3n) is 19.2. The van der Waals surface area contributed by atoms with Gasteiger partial charge in [-0.25, -0.2) is 9.36 Å². The fourth-order valence-corrected chi connectivity index (χ4v) is 12.1. The Labute approximate surface area is 773 Å². The largest absolute Gasteiger partial charge is 0.472 e. The number of anilines is 1. The van der Waals surface area contributed by atoms with Crippen molar-refractivity contribution in [1.29, 1.82) is 0 Å². The third kappa shape index (κ3) is 67.1. The number of phosphoric ester groups is 1. The van der Waals surface area contributed by atoms with Gasteiger partial charge in [-0.1, -0.05) is 39.3 Å². The molecule has 0 spiro atoms. The summed E-state index contributed by atoms with van der Waals surface area (Å²) < 4.78 is 99.3. The molecule has 0 saturated carbocycles. The van der Waals surface area contributed by atoms with Crippen LogP contribution in [0.2, 0.25) is 0 Å². The molecule has 0 aliphatic heterocycles. The van der Waals surface area contributed by atoms with Crippen LogP contribution in [0.15, 0.2) is 24.3 Å². The number of primary amides is 1. The summed E-state index contributed by atoms with van der Waals surface area (Å²) in [6, 6.07) is 2.19. The predicted octanol–water partition coefficient (Wildman–Crippen LogP) is -6.36. The fraction of sp³-hybridized carbons (Fsp3) is 0.831. The summed E-state index contributed by atoms with van der Waals surface area (Å²) in [5.41, 5.74) is 6.24. The number of benzene rings is 1. The molecule has 132 heavy (non-hydrogen) atoms. The van der Waals surface area contributed by atoms with E-state index in [1.165, 1.54) is 4.90 Å². The predicted molar refractivity (Wildman–Crippen MR) is 474 cm³/mol. The van der Waals surface area contributed by atoms with Gasteiger partial charge in [0.15, 0.2) is 0 Å². The quantitative estimate of drug-likeness (QED) is 0.0164. The molecule has 49 heteroatoms. The standard InChI is InChI=1S/C83H156N11O37P/c1-61(2)74(82(112)91-66(14-11-22-88-83(84)113)80(110)89-64-17-15-63(56-95)16-18-64)92-81(111)65(90-79(109)62(3)12-7-9-21-86-72(103)59-129-53-52-117-27-23-87-73(104)60-131-132(114,115)130-29-25-94(4,5)6)13-8-10-20-85-71(102)19-26-116-30-32-119-34-36-121-38-40-123-42-44-125-46-48-127-50-51-128-49-47-126-45-43-124-41-39-122-37-35-120-33-31-118-28-24-93(54-67(98)75(105)77(107)69(100)57-96)55-68(99)76(106)78(108)70(101)58-97/h15-18,61-62,65-70,74-78,95-101,105-108H,7-14,19-60H2,1-6H3,(H10-,84,85,86,87,88,89,90,91,92,102,103,104,109,110,111,112,113,114,115)/p+1/t62-,65-,66-,67-,68-,69+,70+,74-,75+,76+,77+,78+/m0/s1. The van der Waals surface area contributed by atoms with Crippen LogP contribution in [0.1, 0.15) is 84.1 Å². The smallest absolute Gasteiger partial charge is 0.394 e. The van der Waals surface area contributed by atoms with Gasteiger partial charge < -0.3 is 180 Å². The molecule has 0 heterocycles. The van der Waals surface area contributed by atoms with Crippen LogP contribution in [-0.2, 0) is 120 Å². The molecule has 0 fully saturated rings. The number of unbranched alkanes of at least 4 members (excludes halogenated alkanes) is 2. The second kappa shape index (κ2) is 78.8. The Kier molecular flexibility index (Phi) is 73.9. The first-order valence-electron chi connectivity index (χ1n) is 44.8. The maximum Gasteiger partial charge on any atom is 0.472 e. The summed E-state index contributed by atoms with van der Waals surface area (Å²) in [6.07, 6.45) is -11.8. The number of urea groups is 1. The SMILES string of the molecule is CC(C)[C@H](NC(=O)[C@H](CCCCNC(=O)CCOCCOCCOCCOCCOCCOCCOCCOCCOCCOCCOCCOCCN(C[C@H](O)[C@@H](O)[C@H](O)[C@H](O)CO)C[C@H](O)[C@@H](O)[C@H](O)[C@H](O)CO)NC(=O)[C@@H](C)CCCCNC(=O)COCCOCCNC(=O)COP(=O)(O)OCC[N+](C)(C)C)C(=O)N[C@@H](CCCNC(N)=O)C(=O)Nc1ccc(CO)cc1. The number of nitrogens with zero attached hydrogens (tertiary/aromatic N) is 2. The van der Waals surface area contributed by atoms with Gasteiger partial charge in [-0.05, 0) is 68.6 Å². The Morgan fingerprint density at radius 2 is 0.780 bits per heavy atom. The van der Waals surface area contributed by atoms with Gasteiger partial charge in [0.05, 0.1) is 232 Å². The maximum atomic E-state index is 14.3. The molecule has 1 rings (SSSR count). The molecule has 1 aromatic rings. The second-order valence-electron chi connectivity index (χ2n) is 31.8. The van der Waals surface area contributed by atoms with E-state index in [-0.39, 0.29) is 156 Å².